The number of benzene rings is 1. The quantitative estimate of drug-likeness (QED) is 0.842. The first-order chi connectivity index (χ1) is 8.06. The van der Waals surface area contributed by atoms with Crippen molar-refractivity contribution in [3.63, 3.8) is 0 Å². The second-order valence-electron chi connectivity index (χ2n) is 5.51. The van der Waals surface area contributed by atoms with Gasteiger partial charge in [-0.15, -0.1) is 0 Å². The highest BCUT2D eigenvalue weighted by Gasteiger charge is 2.35. The molecule has 0 amide bonds. The van der Waals surface area contributed by atoms with Gasteiger partial charge in [-0.2, -0.15) is 0 Å². The highest BCUT2D eigenvalue weighted by Crippen LogP contribution is 2.34. The molecule has 1 aromatic rings. The van der Waals surface area contributed by atoms with E-state index in [0.717, 1.165) is 13.1 Å². The number of nitrogens with zero attached hydrogens (tertiary/aromatic N) is 1. The van der Waals surface area contributed by atoms with Crippen LogP contribution in [-0.2, 0) is 5.54 Å². The van der Waals surface area contributed by atoms with Gasteiger partial charge in [0.25, 0.3) is 0 Å². The Balaban J connectivity index is 2.41. The molecule has 1 heterocycles. The molecule has 0 radical (unpaired) electrons. The Bertz CT molecular complexity index is 390. The third-order valence-electron chi connectivity index (χ3n) is 4.26. The molecule has 2 rings (SSSR count). The molecular weight excluding hydrogens is 208 g/mol. The van der Waals surface area contributed by atoms with E-state index >= 15 is 0 Å². The Morgan fingerprint density at radius 2 is 1.94 bits per heavy atom. The minimum atomic E-state index is 0.177. The fourth-order valence-electron chi connectivity index (χ4n) is 2.81. The summed E-state index contributed by atoms with van der Waals surface area (Å²) in [5, 5.41) is 3.55. The Morgan fingerprint density at radius 1 is 1.18 bits per heavy atom. The van der Waals surface area contributed by atoms with Crippen molar-refractivity contribution in [1.29, 1.82) is 0 Å². The van der Waals surface area contributed by atoms with Gasteiger partial charge in [-0.05, 0) is 64.0 Å². The lowest BCUT2D eigenvalue weighted by Crippen LogP contribution is -2.52. The average molecular weight is 232 g/mol. The summed E-state index contributed by atoms with van der Waals surface area (Å²) in [6.07, 6.45) is 2.50. The fourth-order valence-corrected chi connectivity index (χ4v) is 2.81. The Labute approximate surface area is 105 Å². The summed E-state index contributed by atoms with van der Waals surface area (Å²) < 4.78 is 0. The molecule has 1 fully saturated rings. The first-order valence-electron chi connectivity index (χ1n) is 6.52. The van der Waals surface area contributed by atoms with Crippen LogP contribution in [0, 0.1) is 13.8 Å². The number of hydrogen-bond donors (Lipinski definition) is 1. The number of hydrogen-bond acceptors (Lipinski definition) is 2. The second kappa shape index (κ2) is 4.79. The molecule has 17 heavy (non-hydrogen) atoms. The number of aryl methyl sites for hydroxylation is 2. The van der Waals surface area contributed by atoms with Crippen LogP contribution in [0.5, 0.6) is 0 Å². The summed E-state index contributed by atoms with van der Waals surface area (Å²) in [7, 11) is 4.39. The lowest BCUT2D eigenvalue weighted by atomic mass is 9.81. The van der Waals surface area contributed by atoms with Gasteiger partial charge in [-0.25, -0.2) is 0 Å². The maximum absolute atomic E-state index is 3.55. The van der Waals surface area contributed by atoms with Gasteiger partial charge in [0.1, 0.15) is 0 Å². The van der Waals surface area contributed by atoms with E-state index in [4.69, 9.17) is 0 Å². The monoisotopic (exact) mass is 232 g/mol. The number of rotatable bonds is 2. The normalized spacial score (nSPS) is 25.2. The first-order valence-corrected chi connectivity index (χ1v) is 6.52. The molecule has 0 aromatic heterocycles. The summed E-state index contributed by atoms with van der Waals surface area (Å²) >= 11 is 0. The summed E-state index contributed by atoms with van der Waals surface area (Å²) in [5.41, 5.74) is 4.41. The number of likely N-dealkylation sites (N-methyl/N-ethyl adjacent to an activating group) is 1. The van der Waals surface area contributed by atoms with Crippen molar-refractivity contribution in [2.24, 2.45) is 0 Å². The van der Waals surface area contributed by atoms with Crippen molar-refractivity contribution in [2.75, 3.05) is 27.2 Å². The lowest BCUT2D eigenvalue weighted by molar-refractivity contribution is 0.113. The molecule has 2 heteroatoms. The lowest BCUT2D eigenvalue weighted by Gasteiger charge is -2.44. The zero-order valence-corrected chi connectivity index (χ0v) is 11.5. The van der Waals surface area contributed by atoms with Crippen LogP contribution < -0.4 is 5.32 Å². The molecule has 1 unspecified atom stereocenters. The van der Waals surface area contributed by atoms with E-state index < -0.39 is 0 Å². The molecule has 1 atom stereocenters. The van der Waals surface area contributed by atoms with Crippen LogP contribution in [0.15, 0.2) is 18.2 Å². The Hall–Kier alpha value is -0.860. The summed E-state index contributed by atoms with van der Waals surface area (Å²) in [6.45, 7) is 6.60. The van der Waals surface area contributed by atoms with Gasteiger partial charge in [0.2, 0.25) is 0 Å². The maximum atomic E-state index is 3.55. The number of nitrogens with one attached hydrogen (secondary N) is 1. The zero-order valence-electron chi connectivity index (χ0n) is 11.5. The average Bonchev–Trinajstić information content (AvgIpc) is 2.33. The first kappa shape index (κ1) is 12.6. The van der Waals surface area contributed by atoms with E-state index in [1.54, 1.807) is 0 Å². The van der Waals surface area contributed by atoms with Gasteiger partial charge < -0.3 is 5.32 Å². The molecule has 0 aliphatic carbocycles. The van der Waals surface area contributed by atoms with E-state index in [0.29, 0.717) is 0 Å². The van der Waals surface area contributed by atoms with Gasteiger partial charge >= 0.3 is 0 Å². The summed E-state index contributed by atoms with van der Waals surface area (Å²) in [6, 6.07) is 6.92. The van der Waals surface area contributed by atoms with Gasteiger partial charge in [-0.3, -0.25) is 4.90 Å². The van der Waals surface area contributed by atoms with E-state index in [9.17, 15) is 0 Å². The van der Waals surface area contributed by atoms with Crippen LogP contribution in [0.2, 0.25) is 0 Å². The molecule has 0 bridgehead atoms. The zero-order chi connectivity index (χ0) is 12.5. The molecule has 1 aromatic carbocycles. The van der Waals surface area contributed by atoms with E-state index in [1.807, 2.05) is 0 Å². The number of piperidine rings is 1. The predicted molar refractivity (Wildman–Crippen MR) is 73.4 cm³/mol. The van der Waals surface area contributed by atoms with Crippen LogP contribution in [0.4, 0.5) is 0 Å². The van der Waals surface area contributed by atoms with Crippen molar-refractivity contribution >= 4 is 0 Å². The molecular formula is C15H24N2. The molecule has 0 saturated carbocycles. The molecule has 94 valence electrons. The van der Waals surface area contributed by atoms with Crippen molar-refractivity contribution in [3.8, 4) is 0 Å². The van der Waals surface area contributed by atoms with Crippen LogP contribution in [0.1, 0.15) is 29.5 Å². The predicted octanol–water partition coefficient (Wildman–Crippen LogP) is 2.44. The summed E-state index contributed by atoms with van der Waals surface area (Å²) in [5.74, 6) is 0. The highest BCUT2D eigenvalue weighted by molar-refractivity contribution is 5.35. The molecule has 1 saturated heterocycles. The molecule has 1 aliphatic heterocycles. The van der Waals surface area contributed by atoms with Crippen LogP contribution in [-0.4, -0.2) is 32.1 Å². The van der Waals surface area contributed by atoms with Crippen LogP contribution in [0.3, 0.4) is 0 Å². The summed E-state index contributed by atoms with van der Waals surface area (Å²) in [4.78, 5) is 2.38. The minimum absolute atomic E-state index is 0.177. The van der Waals surface area contributed by atoms with Crippen molar-refractivity contribution < 1.29 is 0 Å². The van der Waals surface area contributed by atoms with E-state index in [2.05, 4.69) is 56.4 Å². The third-order valence-corrected chi connectivity index (χ3v) is 4.26. The van der Waals surface area contributed by atoms with Gasteiger partial charge in [0, 0.05) is 6.54 Å². The van der Waals surface area contributed by atoms with Gasteiger partial charge in [0.05, 0.1) is 5.54 Å². The van der Waals surface area contributed by atoms with E-state index in [1.165, 1.54) is 29.5 Å². The largest absolute Gasteiger partial charge is 0.315 e. The Morgan fingerprint density at radius 3 is 2.47 bits per heavy atom. The molecule has 0 spiro atoms. The molecule has 2 nitrogen and oxygen atoms in total. The van der Waals surface area contributed by atoms with Crippen molar-refractivity contribution in [2.45, 2.75) is 32.2 Å². The Kier molecular flexibility index (Phi) is 3.55. The highest BCUT2D eigenvalue weighted by atomic mass is 15.2. The van der Waals surface area contributed by atoms with Crippen LogP contribution >= 0.6 is 0 Å². The SMILES string of the molecule is Cc1ccc(C2(N(C)C)CCCNC2)cc1C. The molecule has 1 aliphatic rings. The van der Waals surface area contributed by atoms with Crippen LogP contribution in [0.25, 0.3) is 0 Å². The van der Waals surface area contributed by atoms with E-state index in [-0.39, 0.29) is 5.54 Å². The maximum Gasteiger partial charge on any atom is 0.0581 e. The fraction of sp³-hybridized carbons (Fsp3) is 0.600. The topological polar surface area (TPSA) is 15.3 Å². The minimum Gasteiger partial charge on any atom is -0.315 e. The molecule has 1 N–H and O–H groups in total. The second-order valence-corrected chi connectivity index (χ2v) is 5.51. The van der Waals surface area contributed by atoms with Crippen molar-refractivity contribution in [1.82, 2.24) is 10.2 Å². The van der Waals surface area contributed by atoms with Gasteiger partial charge in [-0.1, -0.05) is 18.2 Å². The van der Waals surface area contributed by atoms with Gasteiger partial charge in [0.15, 0.2) is 0 Å². The van der Waals surface area contributed by atoms with Crippen molar-refractivity contribution in [3.05, 3.63) is 34.9 Å². The smallest absolute Gasteiger partial charge is 0.0581 e. The third kappa shape index (κ3) is 2.24. The standard InChI is InChI=1S/C15H24N2/c1-12-6-7-14(10-13(12)2)15(17(3)4)8-5-9-16-11-15/h6-7,10,16H,5,8-9,11H2,1-4H3.